The Labute approximate surface area is 151 Å². The summed E-state index contributed by atoms with van der Waals surface area (Å²) in [6, 6.07) is 12.7. The second kappa shape index (κ2) is 7.69. The Morgan fingerprint density at radius 2 is 1.81 bits per heavy atom. The fourth-order valence-corrected chi connectivity index (χ4v) is 2.42. The van der Waals surface area contributed by atoms with Crippen LogP contribution in [-0.2, 0) is 6.54 Å². The number of ether oxygens (including phenoxy) is 2. The number of aryl methyl sites for hydroxylation is 1. The largest absolute Gasteiger partial charge is 0.497 e. The molecule has 1 heterocycles. The molecule has 26 heavy (non-hydrogen) atoms. The average Bonchev–Trinajstić information content (AvgIpc) is 3.14. The lowest BCUT2D eigenvalue weighted by atomic mass is 10.1. The van der Waals surface area contributed by atoms with Crippen LogP contribution in [0.4, 0.5) is 0 Å². The van der Waals surface area contributed by atoms with Crippen LogP contribution in [0.15, 0.2) is 46.9 Å². The minimum atomic E-state index is -0.294. The molecule has 7 nitrogen and oxygen atoms in total. The highest BCUT2D eigenvalue weighted by Gasteiger charge is 2.13. The van der Waals surface area contributed by atoms with E-state index < -0.39 is 0 Å². The molecule has 0 saturated heterocycles. The zero-order chi connectivity index (χ0) is 18.5. The third-order valence-electron chi connectivity index (χ3n) is 3.75. The minimum Gasteiger partial charge on any atom is -0.497 e. The van der Waals surface area contributed by atoms with Crippen LogP contribution in [0, 0.1) is 6.92 Å². The third kappa shape index (κ3) is 4.00. The normalized spacial score (nSPS) is 10.4. The van der Waals surface area contributed by atoms with Crippen LogP contribution in [0.25, 0.3) is 11.5 Å². The average molecular weight is 353 g/mol. The first-order valence-corrected chi connectivity index (χ1v) is 7.99. The van der Waals surface area contributed by atoms with Crippen molar-refractivity contribution in [3.63, 3.8) is 0 Å². The number of rotatable bonds is 6. The predicted octanol–water partition coefficient (Wildman–Crippen LogP) is 2.99. The molecular formula is C19H19N3O4. The van der Waals surface area contributed by atoms with Crippen LogP contribution in [-0.4, -0.2) is 30.3 Å². The summed E-state index contributed by atoms with van der Waals surface area (Å²) in [7, 11) is 3.06. The number of aromatic nitrogens is 2. The van der Waals surface area contributed by atoms with Crippen molar-refractivity contribution in [3.8, 4) is 23.0 Å². The minimum absolute atomic E-state index is 0.122. The molecule has 1 aromatic heterocycles. The van der Waals surface area contributed by atoms with Gasteiger partial charge in [0.1, 0.15) is 11.5 Å². The van der Waals surface area contributed by atoms with Gasteiger partial charge in [0.15, 0.2) is 0 Å². The number of carbonyl (C=O) groups is 1. The van der Waals surface area contributed by atoms with E-state index in [1.807, 2.05) is 31.2 Å². The summed E-state index contributed by atoms with van der Waals surface area (Å²) in [5.41, 5.74) is 2.36. The summed E-state index contributed by atoms with van der Waals surface area (Å²) >= 11 is 0. The third-order valence-corrected chi connectivity index (χ3v) is 3.75. The first-order valence-electron chi connectivity index (χ1n) is 7.99. The van der Waals surface area contributed by atoms with Gasteiger partial charge in [0.05, 0.1) is 20.8 Å². The van der Waals surface area contributed by atoms with Gasteiger partial charge in [-0.15, -0.1) is 10.2 Å². The van der Waals surface area contributed by atoms with Crippen molar-refractivity contribution in [2.24, 2.45) is 0 Å². The zero-order valence-electron chi connectivity index (χ0n) is 14.8. The molecule has 3 rings (SSSR count). The number of hydrogen-bond acceptors (Lipinski definition) is 6. The lowest BCUT2D eigenvalue weighted by molar-refractivity contribution is 0.0946. The number of amides is 1. The van der Waals surface area contributed by atoms with Crippen LogP contribution in [0.3, 0.4) is 0 Å². The smallest absolute Gasteiger partial charge is 0.251 e. The van der Waals surface area contributed by atoms with E-state index in [1.165, 1.54) is 14.2 Å². The van der Waals surface area contributed by atoms with Gasteiger partial charge in [-0.05, 0) is 31.2 Å². The molecule has 0 unspecified atom stereocenters. The second-order valence-corrected chi connectivity index (χ2v) is 5.65. The fraction of sp³-hybridized carbons (Fsp3) is 0.211. The highest BCUT2D eigenvalue weighted by atomic mass is 16.5. The number of hydrogen-bond donors (Lipinski definition) is 1. The Balaban J connectivity index is 1.69. The van der Waals surface area contributed by atoms with Crippen molar-refractivity contribution < 1.29 is 18.7 Å². The monoisotopic (exact) mass is 353 g/mol. The summed E-state index contributed by atoms with van der Waals surface area (Å²) in [6.07, 6.45) is 0. The summed E-state index contributed by atoms with van der Waals surface area (Å²) in [6.45, 7) is 2.11. The van der Waals surface area contributed by atoms with Gasteiger partial charge in [0, 0.05) is 17.2 Å². The van der Waals surface area contributed by atoms with Crippen LogP contribution in [0.1, 0.15) is 21.8 Å². The molecule has 0 atom stereocenters. The standard InChI is InChI=1S/C19H19N3O4/c1-12-5-4-6-13(7-12)19-22-21-17(26-19)11-20-18(23)14-8-15(24-2)10-16(9-14)25-3/h4-10H,11H2,1-3H3,(H,20,23). The maximum absolute atomic E-state index is 12.4. The van der Waals surface area contributed by atoms with E-state index in [-0.39, 0.29) is 12.5 Å². The number of carbonyl (C=O) groups excluding carboxylic acids is 1. The van der Waals surface area contributed by atoms with Gasteiger partial charge in [0.2, 0.25) is 11.8 Å². The molecule has 0 aliphatic carbocycles. The van der Waals surface area contributed by atoms with Gasteiger partial charge in [0.25, 0.3) is 5.91 Å². The molecule has 134 valence electrons. The molecule has 0 aliphatic heterocycles. The molecule has 0 bridgehead atoms. The molecule has 0 spiro atoms. The maximum Gasteiger partial charge on any atom is 0.251 e. The van der Waals surface area contributed by atoms with E-state index in [0.29, 0.717) is 28.8 Å². The molecule has 7 heteroatoms. The number of benzene rings is 2. The summed E-state index contributed by atoms with van der Waals surface area (Å²) < 4.78 is 16.0. The molecule has 1 amide bonds. The number of nitrogens with zero attached hydrogens (tertiary/aromatic N) is 2. The topological polar surface area (TPSA) is 86.5 Å². The molecular weight excluding hydrogens is 334 g/mol. The lowest BCUT2D eigenvalue weighted by Gasteiger charge is -2.08. The van der Waals surface area contributed by atoms with Crippen molar-refractivity contribution in [1.82, 2.24) is 15.5 Å². The van der Waals surface area contributed by atoms with Crippen molar-refractivity contribution >= 4 is 5.91 Å². The molecule has 2 aromatic carbocycles. The predicted molar refractivity (Wildman–Crippen MR) is 95.2 cm³/mol. The van der Waals surface area contributed by atoms with Crippen molar-refractivity contribution in [1.29, 1.82) is 0 Å². The van der Waals surface area contributed by atoms with Gasteiger partial charge < -0.3 is 19.2 Å². The molecule has 0 aliphatic rings. The Morgan fingerprint density at radius 1 is 1.08 bits per heavy atom. The van der Waals surface area contributed by atoms with Crippen LogP contribution in [0.2, 0.25) is 0 Å². The SMILES string of the molecule is COc1cc(OC)cc(C(=O)NCc2nnc(-c3cccc(C)c3)o2)c1. The van der Waals surface area contributed by atoms with E-state index in [2.05, 4.69) is 15.5 Å². The van der Waals surface area contributed by atoms with Crippen LogP contribution >= 0.6 is 0 Å². The highest BCUT2D eigenvalue weighted by molar-refractivity contribution is 5.95. The summed E-state index contributed by atoms with van der Waals surface area (Å²) in [5.74, 6) is 1.52. The molecule has 0 fully saturated rings. The highest BCUT2D eigenvalue weighted by Crippen LogP contribution is 2.22. The molecule has 1 N–H and O–H groups in total. The Kier molecular flexibility index (Phi) is 5.17. The van der Waals surface area contributed by atoms with Crippen LogP contribution in [0.5, 0.6) is 11.5 Å². The number of nitrogens with one attached hydrogen (secondary N) is 1. The second-order valence-electron chi connectivity index (χ2n) is 5.65. The summed E-state index contributed by atoms with van der Waals surface area (Å²) in [5, 5.41) is 10.7. The van der Waals surface area contributed by atoms with Crippen molar-refractivity contribution in [3.05, 3.63) is 59.5 Å². The summed E-state index contributed by atoms with van der Waals surface area (Å²) in [4.78, 5) is 12.4. The Hall–Kier alpha value is -3.35. The van der Waals surface area contributed by atoms with E-state index in [4.69, 9.17) is 13.9 Å². The first-order chi connectivity index (χ1) is 12.6. The quantitative estimate of drug-likeness (QED) is 0.733. The van der Waals surface area contributed by atoms with Crippen LogP contribution < -0.4 is 14.8 Å². The van der Waals surface area contributed by atoms with Gasteiger partial charge in [-0.3, -0.25) is 4.79 Å². The van der Waals surface area contributed by atoms with E-state index in [9.17, 15) is 4.79 Å². The molecule has 3 aromatic rings. The van der Waals surface area contributed by atoms with Gasteiger partial charge in [-0.2, -0.15) is 0 Å². The fourth-order valence-electron chi connectivity index (χ4n) is 2.42. The van der Waals surface area contributed by atoms with E-state index in [0.717, 1.165) is 11.1 Å². The lowest BCUT2D eigenvalue weighted by Crippen LogP contribution is -2.23. The van der Waals surface area contributed by atoms with E-state index in [1.54, 1.807) is 18.2 Å². The van der Waals surface area contributed by atoms with Crippen molar-refractivity contribution in [2.45, 2.75) is 13.5 Å². The van der Waals surface area contributed by atoms with Gasteiger partial charge in [-0.25, -0.2) is 0 Å². The van der Waals surface area contributed by atoms with E-state index >= 15 is 0 Å². The Bertz CT molecular complexity index is 898. The maximum atomic E-state index is 12.4. The Morgan fingerprint density at radius 3 is 2.46 bits per heavy atom. The molecule has 0 saturated carbocycles. The molecule has 0 radical (unpaired) electrons. The van der Waals surface area contributed by atoms with Gasteiger partial charge in [-0.1, -0.05) is 17.7 Å². The van der Waals surface area contributed by atoms with Crippen molar-refractivity contribution in [2.75, 3.05) is 14.2 Å². The van der Waals surface area contributed by atoms with Gasteiger partial charge >= 0.3 is 0 Å². The zero-order valence-corrected chi connectivity index (χ0v) is 14.8. The number of methoxy groups -OCH3 is 2. The first kappa shape index (κ1) is 17.5.